The summed E-state index contributed by atoms with van der Waals surface area (Å²) in [6, 6.07) is 0. The van der Waals surface area contributed by atoms with E-state index in [0.717, 1.165) is 5.92 Å². The van der Waals surface area contributed by atoms with Crippen LogP contribution in [0.1, 0.15) is 65.2 Å². The second-order valence-electron chi connectivity index (χ2n) is 6.33. The molecule has 0 aromatic rings. The van der Waals surface area contributed by atoms with Gasteiger partial charge in [-0.1, -0.05) is 39.5 Å². The summed E-state index contributed by atoms with van der Waals surface area (Å²) >= 11 is 0. The lowest BCUT2D eigenvalue weighted by atomic mass is 9.70. The van der Waals surface area contributed by atoms with Crippen LogP contribution in [0.3, 0.4) is 0 Å². The monoisotopic (exact) mass is 210 g/mol. The number of rotatable bonds is 2. The normalized spacial score (nSPS) is 37.8. The molecule has 2 fully saturated rings. The van der Waals surface area contributed by atoms with Gasteiger partial charge in [-0.3, -0.25) is 0 Å². The Kier molecular flexibility index (Phi) is 3.39. The molecule has 1 unspecified atom stereocenters. The van der Waals surface area contributed by atoms with Gasteiger partial charge < -0.3 is 5.11 Å². The molecule has 0 spiro atoms. The second-order valence-corrected chi connectivity index (χ2v) is 6.33. The van der Waals surface area contributed by atoms with Crippen molar-refractivity contribution in [3.63, 3.8) is 0 Å². The van der Waals surface area contributed by atoms with E-state index >= 15 is 0 Å². The third kappa shape index (κ3) is 2.38. The highest BCUT2D eigenvalue weighted by atomic mass is 16.3. The second kappa shape index (κ2) is 4.45. The third-order valence-electron chi connectivity index (χ3n) is 4.97. The van der Waals surface area contributed by atoms with Crippen molar-refractivity contribution in [1.82, 2.24) is 0 Å². The number of hydrogen-bond acceptors (Lipinski definition) is 1. The smallest absolute Gasteiger partial charge is 0.0621 e. The first-order chi connectivity index (χ1) is 7.12. The minimum absolute atomic E-state index is 0.0208. The molecule has 0 bridgehead atoms. The summed E-state index contributed by atoms with van der Waals surface area (Å²) < 4.78 is 0. The van der Waals surface area contributed by atoms with Gasteiger partial charge >= 0.3 is 0 Å². The molecule has 0 aromatic carbocycles. The van der Waals surface area contributed by atoms with Gasteiger partial charge in [0.15, 0.2) is 0 Å². The summed E-state index contributed by atoms with van der Waals surface area (Å²) in [4.78, 5) is 0. The van der Waals surface area contributed by atoms with Crippen LogP contribution in [0.5, 0.6) is 0 Å². The predicted octanol–water partition coefficient (Wildman–Crippen LogP) is 3.75. The minimum Gasteiger partial charge on any atom is -0.392 e. The first kappa shape index (κ1) is 11.4. The fourth-order valence-corrected chi connectivity index (χ4v) is 3.65. The van der Waals surface area contributed by atoms with Gasteiger partial charge in [-0.2, -0.15) is 0 Å². The summed E-state index contributed by atoms with van der Waals surface area (Å²) in [6.07, 6.45) is 10.3. The van der Waals surface area contributed by atoms with Crippen LogP contribution in [0.15, 0.2) is 0 Å². The molecule has 1 N–H and O–H groups in total. The molecule has 0 amide bonds. The quantitative estimate of drug-likeness (QED) is 0.736. The number of hydrogen-bond donors (Lipinski definition) is 1. The molecule has 2 saturated carbocycles. The molecule has 0 heterocycles. The van der Waals surface area contributed by atoms with Crippen LogP contribution < -0.4 is 0 Å². The lowest BCUT2D eigenvalue weighted by Crippen LogP contribution is -2.37. The maximum absolute atomic E-state index is 10.5. The van der Waals surface area contributed by atoms with Gasteiger partial charge in [-0.05, 0) is 42.9 Å². The lowest BCUT2D eigenvalue weighted by molar-refractivity contribution is -0.0220. The molecule has 1 nitrogen and oxygen atoms in total. The minimum atomic E-state index is -0.0208. The highest BCUT2D eigenvalue weighted by Gasteiger charge is 2.40. The van der Waals surface area contributed by atoms with Gasteiger partial charge in [0.05, 0.1) is 6.10 Å². The van der Waals surface area contributed by atoms with Gasteiger partial charge in [0.25, 0.3) is 0 Å². The highest BCUT2D eigenvalue weighted by molar-refractivity contribution is 4.91. The summed E-state index contributed by atoms with van der Waals surface area (Å²) in [7, 11) is 0. The highest BCUT2D eigenvalue weighted by Crippen LogP contribution is 2.46. The van der Waals surface area contributed by atoms with E-state index in [1.807, 2.05) is 0 Å². The summed E-state index contributed by atoms with van der Waals surface area (Å²) in [5, 5.41) is 10.5. The molecule has 2 rings (SSSR count). The topological polar surface area (TPSA) is 20.2 Å². The molecule has 1 heteroatoms. The molecule has 1 atom stereocenters. The molecule has 2 aliphatic rings. The van der Waals surface area contributed by atoms with Gasteiger partial charge in [0.1, 0.15) is 0 Å². The van der Waals surface area contributed by atoms with Crippen LogP contribution in [0.4, 0.5) is 0 Å². The largest absolute Gasteiger partial charge is 0.392 e. The van der Waals surface area contributed by atoms with Gasteiger partial charge in [0.2, 0.25) is 0 Å². The van der Waals surface area contributed by atoms with Crippen molar-refractivity contribution in [2.75, 3.05) is 0 Å². The Morgan fingerprint density at radius 2 is 1.60 bits per heavy atom. The van der Waals surface area contributed by atoms with Gasteiger partial charge in [-0.15, -0.1) is 0 Å². The average molecular weight is 210 g/mol. The van der Waals surface area contributed by atoms with Crippen LogP contribution >= 0.6 is 0 Å². The molecular weight excluding hydrogens is 184 g/mol. The van der Waals surface area contributed by atoms with Crippen molar-refractivity contribution in [3.8, 4) is 0 Å². The van der Waals surface area contributed by atoms with Crippen molar-refractivity contribution in [3.05, 3.63) is 0 Å². The Morgan fingerprint density at radius 1 is 1.07 bits per heavy atom. The molecule has 15 heavy (non-hydrogen) atoms. The van der Waals surface area contributed by atoms with E-state index in [2.05, 4.69) is 13.8 Å². The average Bonchev–Trinajstić information content (AvgIpc) is 2.67. The molecule has 0 aliphatic heterocycles. The lowest BCUT2D eigenvalue weighted by Gasteiger charge is -2.38. The van der Waals surface area contributed by atoms with E-state index < -0.39 is 0 Å². The van der Waals surface area contributed by atoms with Crippen molar-refractivity contribution in [2.24, 2.45) is 17.3 Å². The Morgan fingerprint density at radius 3 is 2.13 bits per heavy atom. The van der Waals surface area contributed by atoms with Crippen LogP contribution in [-0.2, 0) is 0 Å². The van der Waals surface area contributed by atoms with Crippen molar-refractivity contribution in [1.29, 1.82) is 0 Å². The summed E-state index contributed by atoms with van der Waals surface area (Å²) in [5.41, 5.74) is 0.255. The van der Waals surface area contributed by atoms with Crippen LogP contribution in [0, 0.1) is 17.3 Å². The standard InChI is InChI=1S/C14H26O/c1-11-5-7-12(8-6-11)13(15)14(2)9-3-4-10-14/h11-13,15H,3-10H2,1-2H3. The van der Waals surface area contributed by atoms with E-state index in [9.17, 15) is 5.11 Å². The first-order valence-corrected chi connectivity index (χ1v) is 6.80. The maximum Gasteiger partial charge on any atom is 0.0621 e. The maximum atomic E-state index is 10.5. The molecule has 0 aromatic heterocycles. The molecule has 0 radical (unpaired) electrons. The van der Waals surface area contributed by atoms with Crippen molar-refractivity contribution < 1.29 is 5.11 Å². The fraction of sp³-hybridized carbons (Fsp3) is 1.00. The SMILES string of the molecule is CC1CCC(C(O)C2(C)CCCC2)CC1. The molecule has 88 valence electrons. The Labute approximate surface area is 94.3 Å². The molecule has 0 saturated heterocycles. The van der Waals surface area contributed by atoms with E-state index in [0.29, 0.717) is 5.92 Å². The summed E-state index contributed by atoms with van der Waals surface area (Å²) in [5.74, 6) is 1.49. The van der Waals surface area contributed by atoms with Crippen LogP contribution in [0.25, 0.3) is 0 Å². The third-order valence-corrected chi connectivity index (χ3v) is 4.97. The van der Waals surface area contributed by atoms with E-state index in [1.54, 1.807) is 0 Å². The zero-order valence-corrected chi connectivity index (χ0v) is 10.3. The number of aliphatic hydroxyl groups is 1. The van der Waals surface area contributed by atoms with Crippen LogP contribution in [0.2, 0.25) is 0 Å². The van der Waals surface area contributed by atoms with Gasteiger partial charge in [-0.25, -0.2) is 0 Å². The Balaban J connectivity index is 1.92. The van der Waals surface area contributed by atoms with E-state index in [4.69, 9.17) is 0 Å². The molecular formula is C14H26O. The van der Waals surface area contributed by atoms with Crippen LogP contribution in [-0.4, -0.2) is 11.2 Å². The van der Waals surface area contributed by atoms with E-state index in [1.165, 1.54) is 51.4 Å². The first-order valence-electron chi connectivity index (χ1n) is 6.80. The summed E-state index contributed by atoms with van der Waals surface area (Å²) in [6.45, 7) is 4.66. The van der Waals surface area contributed by atoms with Crippen molar-refractivity contribution >= 4 is 0 Å². The zero-order chi connectivity index (χ0) is 10.9. The van der Waals surface area contributed by atoms with Gasteiger partial charge in [0, 0.05) is 0 Å². The number of aliphatic hydroxyl groups excluding tert-OH is 1. The zero-order valence-electron chi connectivity index (χ0n) is 10.3. The van der Waals surface area contributed by atoms with E-state index in [-0.39, 0.29) is 11.5 Å². The predicted molar refractivity (Wildman–Crippen MR) is 63.7 cm³/mol. The fourth-order valence-electron chi connectivity index (χ4n) is 3.65. The Bertz CT molecular complexity index is 197. The molecule has 2 aliphatic carbocycles. The Hall–Kier alpha value is -0.0400. The van der Waals surface area contributed by atoms with Crippen molar-refractivity contribution in [2.45, 2.75) is 71.3 Å².